The van der Waals surface area contributed by atoms with E-state index in [1.54, 1.807) is 10.9 Å². The van der Waals surface area contributed by atoms with Crippen LogP contribution < -0.4 is 5.32 Å². The number of nitrogens with one attached hydrogen (secondary N) is 1. The topological polar surface area (TPSA) is 29.9 Å². The van der Waals surface area contributed by atoms with E-state index in [1.165, 1.54) is 12.1 Å². The molecule has 3 nitrogen and oxygen atoms in total. The van der Waals surface area contributed by atoms with Crippen LogP contribution in [0.2, 0.25) is 0 Å². The van der Waals surface area contributed by atoms with E-state index in [0.29, 0.717) is 6.54 Å². The Morgan fingerprint density at radius 3 is 2.88 bits per heavy atom. The van der Waals surface area contributed by atoms with E-state index in [-0.39, 0.29) is 5.82 Å². The van der Waals surface area contributed by atoms with Crippen LogP contribution in [-0.2, 0) is 6.54 Å². The van der Waals surface area contributed by atoms with Crippen LogP contribution in [0.15, 0.2) is 30.6 Å². The molecule has 2 aromatic rings. The monoisotopic (exact) mass is 331 g/mol. The van der Waals surface area contributed by atoms with Crippen molar-refractivity contribution in [2.45, 2.75) is 6.54 Å². The third kappa shape index (κ3) is 2.59. The molecule has 0 saturated heterocycles. The van der Waals surface area contributed by atoms with Gasteiger partial charge in [-0.3, -0.25) is 0 Å². The lowest BCUT2D eigenvalue weighted by Crippen LogP contribution is -2.06. The minimum absolute atomic E-state index is 0.242. The van der Waals surface area contributed by atoms with Crippen LogP contribution >= 0.6 is 22.6 Å². The summed E-state index contributed by atoms with van der Waals surface area (Å²) in [4.78, 5) is 0. The number of halogens is 2. The number of hydrogen-bond acceptors (Lipinski definition) is 2. The molecule has 0 spiro atoms. The predicted octanol–water partition coefficient (Wildman–Crippen LogP) is 2.34. The molecule has 1 aromatic heterocycles. The highest BCUT2D eigenvalue weighted by Gasteiger charge is 2.03. The number of aromatic nitrogens is 2. The van der Waals surface area contributed by atoms with Crippen molar-refractivity contribution in [2.75, 3.05) is 7.05 Å². The van der Waals surface area contributed by atoms with E-state index in [2.05, 4.69) is 33.0 Å². The molecule has 0 fully saturated rings. The second-order valence-electron chi connectivity index (χ2n) is 3.45. The lowest BCUT2D eigenvalue weighted by molar-refractivity contribution is 0.621. The smallest absolute Gasteiger partial charge is 0.125 e. The van der Waals surface area contributed by atoms with Crippen molar-refractivity contribution in [3.05, 3.63) is 45.5 Å². The van der Waals surface area contributed by atoms with Crippen molar-refractivity contribution >= 4 is 22.6 Å². The molecule has 0 atom stereocenters. The fraction of sp³-hybridized carbons (Fsp3) is 0.182. The van der Waals surface area contributed by atoms with Gasteiger partial charge in [-0.15, -0.1) is 0 Å². The Bertz CT molecular complexity index is 496. The lowest BCUT2D eigenvalue weighted by Gasteiger charge is -2.05. The standard InChI is InChI=1S/C11H11FIN3/c1-14-5-8-2-9(12)4-11(3-8)16-7-10(13)6-15-16/h2-4,6-7,14H,5H2,1H3. The summed E-state index contributed by atoms with van der Waals surface area (Å²) in [6.45, 7) is 0.642. The molecule has 16 heavy (non-hydrogen) atoms. The largest absolute Gasteiger partial charge is 0.316 e. The molecule has 0 unspecified atom stereocenters. The summed E-state index contributed by atoms with van der Waals surface area (Å²) >= 11 is 2.17. The Morgan fingerprint density at radius 1 is 1.44 bits per heavy atom. The molecule has 0 bridgehead atoms. The van der Waals surface area contributed by atoms with E-state index >= 15 is 0 Å². The summed E-state index contributed by atoms with van der Waals surface area (Å²) in [6.07, 6.45) is 3.60. The predicted molar refractivity (Wildman–Crippen MR) is 69.0 cm³/mol. The second-order valence-corrected chi connectivity index (χ2v) is 4.70. The quantitative estimate of drug-likeness (QED) is 0.875. The maximum absolute atomic E-state index is 13.4. The molecule has 2 rings (SSSR count). The Hall–Kier alpha value is -0.950. The van der Waals surface area contributed by atoms with E-state index in [4.69, 9.17) is 0 Å². The van der Waals surface area contributed by atoms with Crippen molar-refractivity contribution < 1.29 is 4.39 Å². The van der Waals surface area contributed by atoms with Crippen molar-refractivity contribution in [1.82, 2.24) is 15.1 Å². The molecule has 84 valence electrons. The minimum atomic E-state index is -0.242. The highest BCUT2D eigenvalue weighted by molar-refractivity contribution is 14.1. The van der Waals surface area contributed by atoms with Crippen LogP contribution in [-0.4, -0.2) is 16.8 Å². The molecule has 5 heteroatoms. The minimum Gasteiger partial charge on any atom is -0.316 e. The van der Waals surface area contributed by atoms with Gasteiger partial charge < -0.3 is 5.32 Å². The van der Waals surface area contributed by atoms with Crippen LogP contribution in [0.5, 0.6) is 0 Å². The fourth-order valence-electron chi connectivity index (χ4n) is 1.51. The van der Waals surface area contributed by atoms with E-state index < -0.39 is 0 Å². The first-order chi connectivity index (χ1) is 7.69. The van der Waals surface area contributed by atoms with Crippen molar-refractivity contribution in [3.8, 4) is 5.69 Å². The normalized spacial score (nSPS) is 10.7. The number of benzene rings is 1. The van der Waals surface area contributed by atoms with Crippen LogP contribution in [0.25, 0.3) is 5.69 Å². The van der Waals surface area contributed by atoms with Gasteiger partial charge in [0, 0.05) is 12.7 Å². The molecule has 0 amide bonds. The van der Waals surface area contributed by atoms with Gasteiger partial charge in [0.25, 0.3) is 0 Å². The van der Waals surface area contributed by atoms with Crippen molar-refractivity contribution in [1.29, 1.82) is 0 Å². The Balaban J connectivity index is 2.40. The van der Waals surface area contributed by atoms with Crippen LogP contribution in [0.4, 0.5) is 4.39 Å². The Morgan fingerprint density at radius 2 is 2.25 bits per heavy atom. The maximum Gasteiger partial charge on any atom is 0.125 e. The molecular formula is C11H11FIN3. The van der Waals surface area contributed by atoms with Gasteiger partial charge in [0.1, 0.15) is 5.82 Å². The molecular weight excluding hydrogens is 320 g/mol. The van der Waals surface area contributed by atoms with Crippen molar-refractivity contribution in [3.63, 3.8) is 0 Å². The maximum atomic E-state index is 13.4. The summed E-state index contributed by atoms with van der Waals surface area (Å²) in [7, 11) is 1.83. The molecule has 0 radical (unpaired) electrons. The van der Waals surface area contributed by atoms with Gasteiger partial charge >= 0.3 is 0 Å². The van der Waals surface area contributed by atoms with E-state index in [0.717, 1.165) is 14.8 Å². The molecule has 1 aromatic carbocycles. The zero-order chi connectivity index (χ0) is 11.5. The highest BCUT2D eigenvalue weighted by atomic mass is 127. The molecule has 0 aliphatic carbocycles. The first kappa shape index (κ1) is 11.5. The summed E-state index contributed by atoms with van der Waals surface area (Å²) in [5.74, 6) is -0.242. The summed E-state index contributed by atoms with van der Waals surface area (Å²) in [6, 6.07) is 4.92. The number of rotatable bonds is 3. The lowest BCUT2D eigenvalue weighted by atomic mass is 10.2. The van der Waals surface area contributed by atoms with Crippen molar-refractivity contribution in [2.24, 2.45) is 0 Å². The molecule has 1 N–H and O–H groups in total. The first-order valence-corrected chi connectivity index (χ1v) is 5.91. The fourth-order valence-corrected chi connectivity index (χ4v) is 1.90. The first-order valence-electron chi connectivity index (χ1n) is 4.83. The summed E-state index contributed by atoms with van der Waals surface area (Å²) in [5, 5.41) is 7.15. The summed E-state index contributed by atoms with van der Waals surface area (Å²) in [5.41, 5.74) is 1.65. The van der Waals surface area contributed by atoms with Crippen LogP contribution in [0, 0.1) is 9.39 Å². The van der Waals surface area contributed by atoms with Crippen LogP contribution in [0.1, 0.15) is 5.56 Å². The third-order valence-corrected chi connectivity index (χ3v) is 2.70. The Labute approximate surface area is 107 Å². The Kier molecular flexibility index (Phi) is 3.55. The van der Waals surface area contributed by atoms with Gasteiger partial charge in [-0.05, 0) is 53.4 Å². The number of hydrogen-bond donors (Lipinski definition) is 1. The zero-order valence-electron chi connectivity index (χ0n) is 8.74. The average molecular weight is 331 g/mol. The van der Waals surface area contributed by atoms with Gasteiger partial charge in [-0.25, -0.2) is 9.07 Å². The number of nitrogens with zero attached hydrogens (tertiary/aromatic N) is 2. The van der Waals surface area contributed by atoms with Crippen LogP contribution in [0.3, 0.4) is 0 Å². The van der Waals surface area contributed by atoms with Gasteiger partial charge in [-0.1, -0.05) is 0 Å². The molecule has 0 aliphatic rings. The van der Waals surface area contributed by atoms with E-state index in [1.807, 2.05) is 19.3 Å². The third-order valence-electron chi connectivity index (χ3n) is 2.14. The zero-order valence-corrected chi connectivity index (χ0v) is 10.9. The van der Waals surface area contributed by atoms with Gasteiger partial charge in [0.2, 0.25) is 0 Å². The second kappa shape index (κ2) is 4.92. The molecule has 0 aliphatic heterocycles. The van der Waals surface area contributed by atoms with Gasteiger partial charge in [0.15, 0.2) is 0 Å². The van der Waals surface area contributed by atoms with Gasteiger partial charge in [0.05, 0.1) is 15.5 Å². The SMILES string of the molecule is CNCc1cc(F)cc(-n2cc(I)cn2)c1. The van der Waals surface area contributed by atoms with Gasteiger partial charge in [-0.2, -0.15) is 5.10 Å². The average Bonchev–Trinajstić information content (AvgIpc) is 2.64. The molecule has 1 heterocycles. The molecule has 0 saturated carbocycles. The highest BCUT2D eigenvalue weighted by Crippen LogP contribution is 2.14. The summed E-state index contributed by atoms with van der Waals surface area (Å²) < 4.78 is 16.1. The van der Waals surface area contributed by atoms with E-state index in [9.17, 15) is 4.39 Å².